The monoisotopic (exact) mass is 768 g/mol. The van der Waals surface area contributed by atoms with Gasteiger partial charge in [-0.15, -0.1) is 22.7 Å². The van der Waals surface area contributed by atoms with Crippen LogP contribution in [0.1, 0.15) is 35.2 Å². The highest BCUT2D eigenvalue weighted by Gasteiger charge is 2.31. The van der Waals surface area contributed by atoms with E-state index in [2.05, 4.69) is 203 Å². The number of aromatic nitrogens is 1. The first-order chi connectivity index (χ1) is 28.3. The fourth-order valence-electron chi connectivity index (χ4n) is 9.15. The first-order valence-corrected chi connectivity index (χ1v) is 21.2. The summed E-state index contributed by atoms with van der Waals surface area (Å²) in [5, 5.41) is 19.4. The predicted molar refractivity (Wildman–Crippen MR) is 243 cm³/mol. The summed E-state index contributed by atoms with van der Waals surface area (Å²) in [4.78, 5) is 0. The van der Waals surface area contributed by atoms with Crippen molar-refractivity contribution < 1.29 is 0 Å². The van der Waals surface area contributed by atoms with Crippen molar-refractivity contribution >= 4 is 84.8 Å². The molecule has 0 aliphatic carbocycles. The molecule has 4 nitrogen and oxygen atoms in total. The van der Waals surface area contributed by atoms with Crippen LogP contribution in [0.25, 0.3) is 79.0 Å². The van der Waals surface area contributed by atoms with Crippen molar-refractivity contribution in [2.24, 2.45) is 0 Å². The van der Waals surface area contributed by atoms with Gasteiger partial charge in [0.1, 0.15) is 0 Å². The van der Waals surface area contributed by atoms with Gasteiger partial charge in [-0.25, -0.2) is 0 Å². The number of fused-ring (bicyclic) bond motifs is 9. The quantitative estimate of drug-likeness (QED) is 0.163. The van der Waals surface area contributed by atoms with Gasteiger partial charge >= 0.3 is 0 Å². The molecule has 8 aromatic carbocycles. The summed E-state index contributed by atoms with van der Waals surface area (Å²) in [6, 6.07) is 66.5. The van der Waals surface area contributed by atoms with Gasteiger partial charge < -0.3 is 4.57 Å². The molecule has 0 spiro atoms. The van der Waals surface area contributed by atoms with E-state index >= 15 is 0 Å². The van der Waals surface area contributed by atoms with Crippen LogP contribution in [0, 0.1) is 0 Å². The van der Waals surface area contributed by atoms with Crippen LogP contribution in [0.15, 0.2) is 182 Å². The SMILES string of the molecule is c1ccc(C2NC(c3ccccc3)NC(c3cccc4c3sc3ccc(-c5cccc6sc7c(-n8c9ccccc9c9ccccc98)cccc7c56)cc34)N2)cc1. The molecule has 0 saturated carbocycles. The number of para-hydroxylation sites is 2. The van der Waals surface area contributed by atoms with Crippen molar-refractivity contribution in [3.05, 3.63) is 199 Å². The number of hydrogen-bond acceptors (Lipinski definition) is 5. The van der Waals surface area contributed by atoms with Gasteiger partial charge in [-0.3, -0.25) is 16.0 Å². The molecule has 3 N–H and O–H groups in total. The Bertz CT molecular complexity index is 3210. The summed E-state index contributed by atoms with van der Waals surface area (Å²) in [7, 11) is 0. The Kier molecular flexibility index (Phi) is 7.68. The van der Waals surface area contributed by atoms with Crippen molar-refractivity contribution in [1.29, 1.82) is 0 Å². The number of thiophene rings is 2. The maximum Gasteiger partial charge on any atom is 0.0878 e. The second-order valence-corrected chi connectivity index (χ2v) is 17.1. The Hall–Kier alpha value is -6.12. The van der Waals surface area contributed by atoms with E-state index in [0.717, 1.165) is 0 Å². The molecule has 0 radical (unpaired) electrons. The van der Waals surface area contributed by atoms with E-state index in [-0.39, 0.29) is 18.5 Å². The zero-order chi connectivity index (χ0) is 37.5. The maximum absolute atomic E-state index is 3.91. The molecular weight excluding hydrogens is 733 g/mol. The predicted octanol–water partition coefficient (Wildman–Crippen LogP) is 13.4. The normalized spacial score (nSPS) is 17.4. The van der Waals surface area contributed by atoms with E-state index in [1.807, 2.05) is 22.7 Å². The molecule has 272 valence electrons. The summed E-state index contributed by atoms with van der Waals surface area (Å²) in [5.74, 6) is 0. The minimum Gasteiger partial charge on any atom is -0.308 e. The zero-order valence-corrected chi connectivity index (χ0v) is 32.4. The van der Waals surface area contributed by atoms with Crippen molar-refractivity contribution in [1.82, 2.24) is 20.5 Å². The smallest absolute Gasteiger partial charge is 0.0878 e. The molecular formula is C51H36N4S2. The van der Waals surface area contributed by atoms with Crippen LogP contribution < -0.4 is 16.0 Å². The van der Waals surface area contributed by atoms with Crippen molar-refractivity contribution in [2.75, 3.05) is 0 Å². The Balaban J connectivity index is 0.985. The van der Waals surface area contributed by atoms with Crippen LogP contribution in [0.4, 0.5) is 0 Å². The molecule has 57 heavy (non-hydrogen) atoms. The number of benzene rings is 8. The number of rotatable bonds is 5. The van der Waals surface area contributed by atoms with Crippen LogP contribution in [-0.4, -0.2) is 4.57 Å². The molecule has 4 heterocycles. The van der Waals surface area contributed by atoms with Crippen LogP contribution in [0.3, 0.4) is 0 Å². The number of nitrogens with zero attached hydrogens (tertiary/aromatic N) is 1. The molecule has 1 aliphatic rings. The van der Waals surface area contributed by atoms with E-state index < -0.39 is 0 Å². The topological polar surface area (TPSA) is 41.0 Å². The fraction of sp³-hybridized carbons (Fsp3) is 0.0588. The molecule has 2 atom stereocenters. The van der Waals surface area contributed by atoms with Gasteiger partial charge in [-0.1, -0.05) is 146 Å². The Morgan fingerprint density at radius 3 is 1.70 bits per heavy atom. The molecule has 3 aromatic heterocycles. The van der Waals surface area contributed by atoms with Crippen molar-refractivity contribution in [3.8, 4) is 16.8 Å². The molecule has 1 fully saturated rings. The molecule has 6 heteroatoms. The van der Waals surface area contributed by atoms with E-state index in [4.69, 9.17) is 0 Å². The average molecular weight is 769 g/mol. The zero-order valence-electron chi connectivity index (χ0n) is 30.8. The fourth-order valence-corrected chi connectivity index (χ4v) is 11.6. The lowest BCUT2D eigenvalue weighted by Gasteiger charge is -2.39. The summed E-state index contributed by atoms with van der Waals surface area (Å²) < 4.78 is 7.68. The molecule has 1 aliphatic heterocycles. The second kappa shape index (κ2) is 13.2. The average Bonchev–Trinajstić information content (AvgIpc) is 3.96. The van der Waals surface area contributed by atoms with Gasteiger partial charge in [0.25, 0.3) is 0 Å². The molecule has 12 rings (SSSR count). The summed E-state index contributed by atoms with van der Waals surface area (Å²) in [5.41, 5.74) is 9.92. The summed E-state index contributed by atoms with van der Waals surface area (Å²) >= 11 is 3.79. The first-order valence-electron chi connectivity index (χ1n) is 19.5. The molecule has 2 unspecified atom stereocenters. The van der Waals surface area contributed by atoms with E-state index in [0.29, 0.717) is 0 Å². The van der Waals surface area contributed by atoms with E-state index in [1.54, 1.807) is 0 Å². The largest absolute Gasteiger partial charge is 0.308 e. The van der Waals surface area contributed by atoms with Gasteiger partial charge in [-0.05, 0) is 58.7 Å². The van der Waals surface area contributed by atoms with Gasteiger partial charge in [0.15, 0.2) is 0 Å². The maximum atomic E-state index is 3.91. The van der Waals surface area contributed by atoms with Gasteiger partial charge in [0.05, 0.1) is 39.9 Å². The number of nitrogens with one attached hydrogen (secondary N) is 3. The van der Waals surface area contributed by atoms with Crippen molar-refractivity contribution in [3.63, 3.8) is 0 Å². The first kappa shape index (κ1) is 33.1. The second-order valence-electron chi connectivity index (χ2n) is 15.0. The molecule has 11 aromatic rings. The third kappa shape index (κ3) is 5.30. The van der Waals surface area contributed by atoms with Gasteiger partial charge in [0, 0.05) is 52.0 Å². The highest BCUT2D eigenvalue weighted by atomic mass is 32.1. The standard InChI is InChI=1S/C51H36N4S2/c1-3-14-31(15-4-1)49-52-50(32-16-5-2-6-17-32)54-51(53-49)39-23-11-21-37-40-30-33(28-29-44(40)56-47(37)39)34-20-13-27-45-46(34)38-22-12-26-43(48(38)57-45)55-41-24-9-7-18-35(41)36-19-8-10-25-42(36)55/h1-30,49-54H. The van der Waals surface area contributed by atoms with Crippen molar-refractivity contribution in [2.45, 2.75) is 18.5 Å². The van der Waals surface area contributed by atoms with Gasteiger partial charge in [-0.2, -0.15) is 0 Å². The molecule has 0 amide bonds. The Morgan fingerprint density at radius 2 is 0.982 bits per heavy atom. The molecule has 0 bridgehead atoms. The lowest BCUT2D eigenvalue weighted by Crippen LogP contribution is -2.54. The van der Waals surface area contributed by atoms with Crippen LogP contribution in [0.2, 0.25) is 0 Å². The lowest BCUT2D eigenvalue weighted by molar-refractivity contribution is 0.204. The number of hydrogen-bond donors (Lipinski definition) is 3. The van der Waals surface area contributed by atoms with Crippen LogP contribution in [-0.2, 0) is 0 Å². The minimum atomic E-state index is -0.0625. The summed E-state index contributed by atoms with van der Waals surface area (Å²) in [6.07, 6.45) is -0.0990. The Labute approximate surface area is 337 Å². The molecule has 1 saturated heterocycles. The van der Waals surface area contributed by atoms with E-state index in [1.165, 1.54) is 95.7 Å². The highest BCUT2D eigenvalue weighted by molar-refractivity contribution is 7.26. The van der Waals surface area contributed by atoms with Crippen LogP contribution in [0.5, 0.6) is 0 Å². The van der Waals surface area contributed by atoms with E-state index in [9.17, 15) is 0 Å². The highest BCUT2D eigenvalue weighted by Crippen LogP contribution is 2.46. The van der Waals surface area contributed by atoms with Crippen LogP contribution >= 0.6 is 22.7 Å². The lowest BCUT2D eigenvalue weighted by atomic mass is 9.97. The third-order valence-electron chi connectivity index (χ3n) is 11.7. The Morgan fingerprint density at radius 1 is 0.404 bits per heavy atom. The summed E-state index contributed by atoms with van der Waals surface area (Å²) in [6.45, 7) is 0. The minimum absolute atomic E-state index is 0.0183. The third-order valence-corrected chi connectivity index (χ3v) is 14.2. The van der Waals surface area contributed by atoms with Gasteiger partial charge in [0.2, 0.25) is 0 Å².